The third-order valence-electron chi connectivity index (χ3n) is 1.93. The van der Waals surface area contributed by atoms with Crippen LogP contribution in [0.2, 0.25) is 0 Å². The molecule has 0 atom stereocenters. The van der Waals surface area contributed by atoms with E-state index in [0.29, 0.717) is 11.3 Å². The lowest BCUT2D eigenvalue weighted by Gasteiger charge is -1.95. The Labute approximate surface area is 93.7 Å². The predicted octanol–water partition coefficient (Wildman–Crippen LogP) is 3.64. The Balaban J connectivity index is 2.44. The van der Waals surface area contributed by atoms with Gasteiger partial charge < -0.3 is 4.42 Å². The van der Waals surface area contributed by atoms with Gasteiger partial charge in [0.25, 0.3) is 0 Å². The topological polar surface area (TPSA) is 30.2 Å². The number of hydrogen-bond acceptors (Lipinski definition) is 3. The van der Waals surface area contributed by atoms with E-state index in [1.165, 1.54) is 17.6 Å². The maximum absolute atomic E-state index is 11.9. The number of carbonyl (C=O) groups is 1. The Morgan fingerprint density at radius 2 is 2.29 bits per heavy atom. The first-order valence-electron chi connectivity index (χ1n) is 4.02. The van der Waals surface area contributed by atoms with Crippen molar-refractivity contribution in [3.8, 4) is 0 Å². The number of furan rings is 1. The van der Waals surface area contributed by atoms with E-state index in [1.807, 2.05) is 11.4 Å². The Morgan fingerprint density at radius 3 is 2.79 bits per heavy atom. The third kappa shape index (κ3) is 1.55. The van der Waals surface area contributed by atoms with Crippen molar-refractivity contribution in [3.63, 3.8) is 0 Å². The number of ketones is 1. The monoisotopic (exact) mass is 270 g/mol. The van der Waals surface area contributed by atoms with Crippen molar-refractivity contribution in [2.24, 2.45) is 0 Å². The average molecular weight is 271 g/mol. The standard InChI is InChI=1S/C10H7BrO2S/c1-6-7(2-4-13-6)9(12)10-8(11)3-5-14-10/h2-5H,1H3. The smallest absolute Gasteiger partial charge is 0.207 e. The van der Waals surface area contributed by atoms with Crippen molar-refractivity contribution >= 4 is 33.0 Å². The molecule has 2 aromatic rings. The van der Waals surface area contributed by atoms with Gasteiger partial charge in [0.2, 0.25) is 5.78 Å². The number of hydrogen-bond donors (Lipinski definition) is 0. The first-order chi connectivity index (χ1) is 6.70. The van der Waals surface area contributed by atoms with E-state index in [9.17, 15) is 4.79 Å². The summed E-state index contributed by atoms with van der Waals surface area (Å²) in [5, 5.41) is 1.88. The lowest BCUT2D eigenvalue weighted by Crippen LogP contribution is -1.99. The molecule has 2 aromatic heterocycles. The summed E-state index contributed by atoms with van der Waals surface area (Å²) >= 11 is 4.76. The minimum atomic E-state index is 0.0122. The van der Waals surface area contributed by atoms with Crippen LogP contribution in [-0.4, -0.2) is 5.78 Å². The van der Waals surface area contributed by atoms with Crippen LogP contribution in [-0.2, 0) is 0 Å². The zero-order valence-corrected chi connectivity index (χ0v) is 9.81. The summed E-state index contributed by atoms with van der Waals surface area (Å²) in [4.78, 5) is 12.6. The molecular weight excluding hydrogens is 264 g/mol. The summed E-state index contributed by atoms with van der Waals surface area (Å²) in [6.07, 6.45) is 1.53. The highest BCUT2D eigenvalue weighted by Gasteiger charge is 2.17. The van der Waals surface area contributed by atoms with Crippen LogP contribution < -0.4 is 0 Å². The van der Waals surface area contributed by atoms with E-state index >= 15 is 0 Å². The molecule has 0 bridgehead atoms. The van der Waals surface area contributed by atoms with Crippen molar-refractivity contribution in [3.05, 3.63) is 44.4 Å². The van der Waals surface area contributed by atoms with E-state index < -0.39 is 0 Å². The molecule has 0 fully saturated rings. The highest BCUT2D eigenvalue weighted by atomic mass is 79.9. The van der Waals surface area contributed by atoms with Crippen LogP contribution in [0.3, 0.4) is 0 Å². The zero-order valence-electron chi connectivity index (χ0n) is 7.41. The summed E-state index contributed by atoms with van der Waals surface area (Å²) in [5.74, 6) is 0.674. The summed E-state index contributed by atoms with van der Waals surface area (Å²) in [5.41, 5.74) is 0.633. The van der Waals surface area contributed by atoms with Crippen molar-refractivity contribution in [1.29, 1.82) is 0 Å². The molecule has 2 rings (SSSR count). The normalized spacial score (nSPS) is 10.4. The fourth-order valence-corrected chi connectivity index (χ4v) is 2.70. The second-order valence-electron chi connectivity index (χ2n) is 2.82. The molecule has 0 saturated heterocycles. The fraction of sp³-hybridized carbons (Fsp3) is 0.100. The summed E-state index contributed by atoms with van der Waals surface area (Å²) in [6.45, 7) is 1.79. The van der Waals surface area contributed by atoms with Gasteiger partial charge in [0, 0.05) is 4.47 Å². The van der Waals surface area contributed by atoms with Crippen LogP contribution in [0.5, 0.6) is 0 Å². The van der Waals surface area contributed by atoms with E-state index in [0.717, 1.165) is 9.35 Å². The van der Waals surface area contributed by atoms with E-state index in [4.69, 9.17) is 4.42 Å². The second-order valence-corrected chi connectivity index (χ2v) is 4.59. The molecular formula is C10H7BrO2S. The molecule has 0 N–H and O–H groups in total. The third-order valence-corrected chi connectivity index (χ3v) is 3.76. The molecule has 0 aliphatic carbocycles. The summed E-state index contributed by atoms with van der Waals surface area (Å²) in [6, 6.07) is 3.57. The SMILES string of the molecule is Cc1occc1C(=O)c1sccc1Br. The predicted molar refractivity (Wildman–Crippen MR) is 58.9 cm³/mol. The second kappa shape index (κ2) is 3.71. The maximum atomic E-state index is 11.9. The van der Waals surface area contributed by atoms with Crippen LogP contribution in [0.4, 0.5) is 0 Å². The van der Waals surface area contributed by atoms with Crippen molar-refractivity contribution in [1.82, 2.24) is 0 Å². The number of aryl methyl sites for hydroxylation is 1. The van der Waals surface area contributed by atoms with Gasteiger partial charge in [-0.15, -0.1) is 11.3 Å². The van der Waals surface area contributed by atoms with Crippen molar-refractivity contribution in [2.75, 3.05) is 0 Å². The molecule has 0 aliphatic heterocycles. The zero-order chi connectivity index (χ0) is 10.1. The molecule has 0 radical (unpaired) electrons. The fourth-order valence-electron chi connectivity index (χ4n) is 1.20. The van der Waals surface area contributed by atoms with Gasteiger partial charge in [0.15, 0.2) is 0 Å². The minimum absolute atomic E-state index is 0.0122. The van der Waals surface area contributed by atoms with Crippen LogP contribution in [0.1, 0.15) is 21.0 Å². The molecule has 0 saturated carbocycles. The van der Waals surface area contributed by atoms with Gasteiger partial charge in [-0.05, 0) is 40.4 Å². The van der Waals surface area contributed by atoms with Gasteiger partial charge in [-0.1, -0.05) is 0 Å². The molecule has 2 nitrogen and oxygen atoms in total. The number of rotatable bonds is 2. The Morgan fingerprint density at radius 1 is 1.50 bits per heavy atom. The van der Waals surface area contributed by atoms with E-state index in [1.54, 1.807) is 13.0 Å². The van der Waals surface area contributed by atoms with Crippen molar-refractivity contribution < 1.29 is 9.21 Å². The van der Waals surface area contributed by atoms with Gasteiger partial charge in [-0.2, -0.15) is 0 Å². The Bertz CT molecular complexity index is 428. The molecule has 14 heavy (non-hydrogen) atoms. The van der Waals surface area contributed by atoms with Gasteiger partial charge in [0.05, 0.1) is 16.7 Å². The molecule has 0 spiro atoms. The lowest BCUT2D eigenvalue weighted by atomic mass is 10.1. The van der Waals surface area contributed by atoms with Gasteiger partial charge in [-0.3, -0.25) is 4.79 Å². The lowest BCUT2D eigenvalue weighted by molar-refractivity contribution is 0.104. The van der Waals surface area contributed by atoms with Gasteiger partial charge in [0.1, 0.15) is 5.76 Å². The summed E-state index contributed by atoms with van der Waals surface area (Å²) < 4.78 is 5.93. The van der Waals surface area contributed by atoms with Crippen LogP contribution in [0, 0.1) is 6.92 Å². The highest BCUT2D eigenvalue weighted by Crippen LogP contribution is 2.26. The van der Waals surface area contributed by atoms with Gasteiger partial charge >= 0.3 is 0 Å². The molecule has 0 unspecified atom stereocenters. The molecule has 0 aliphatic rings. The first kappa shape index (κ1) is 9.68. The van der Waals surface area contributed by atoms with E-state index in [2.05, 4.69) is 15.9 Å². The molecule has 2 heterocycles. The average Bonchev–Trinajstić information content (AvgIpc) is 2.73. The van der Waals surface area contributed by atoms with Crippen LogP contribution in [0.15, 0.2) is 32.7 Å². The highest BCUT2D eigenvalue weighted by molar-refractivity contribution is 9.10. The number of thiophene rings is 1. The first-order valence-corrected chi connectivity index (χ1v) is 5.69. The minimum Gasteiger partial charge on any atom is -0.469 e. The molecule has 0 amide bonds. The van der Waals surface area contributed by atoms with Crippen LogP contribution >= 0.6 is 27.3 Å². The summed E-state index contributed by atoms with van der Waals surface area (Å²) in [7, 11) is 0. The quantitative estimate of drug-likeness (QED) is 0.780. The largest absolute Gasteiger partial charge is 0.469 e. The van der Waals surface area contributed by atoms with Crippen LogP contribution in [0.25, 0.3) is 0 Å². The Hall–Kier alpha value is -0.870. The molecule has 72 valence electrons. The van der Waals surface area contributed by atoms with E-state index in [-0.39, 0.29) is 5.78 Å². The number of carbonyl (C=O) groups excluding carboxylic acids is 1. The van der Waals surface area contributed by atoms with Gasteiger partial charge in [-0.25, -0.2) is 0 Å². The molecule has 0 aromatic carbocycles. The Kier molecular flexibility index (Phi) is 2.56. The number of halogens is 1. The maximum Gasteiger partial charge on any atom is 0.207 e. The van der Waals surface area contributed by atoms with Crippen molar-refractivity contribution in [2.45, 2.75) is 6.92 Å². The molecule has 4 heteroatoms.